The van der Waals surface area contributed by atoms with Crippen molar-refractivity contribution < 1.29 is 9.53 Å². The maximum absolute atomic E-state index is 10.7. The molecule has 3 unspecified atom stereocenters. The Hall–Kier alpha value is -0.530. The Morgan fingerprint density at radius 2 is 1.88 bits per heavy atom. The molecule has 2 rings (SSSR count). The highest BCUT2D eigenvalue weighted by Gasteiger charge is 2.31. The van der Waals surface area contributed by atoms with E-state index in [9.17, 15) is 4.79 Å². The molecule has 2 aliphatic carbocycles. The minimum absolute atomic E-state index is 0.133. The summed E-state index contributed by atoms with van der Waals surface area (Å²) in [6.07, 6.45) is 11.1. The Balaban J connectivity index is 1.70. The van der Waals surface area contributed by atoms with Crippen molar-refractivity contribution in [3.8, 4) is 0 Å². The standard InChI is InChI=1S/C14H24O2/c1-11(15)16-9-8-12-6-7-13-4-2-3-5-14(13)10-12/h12-14H,2-10H2,1H3. The fourth-order valence-corrected chi connectivity index (χ4v) is 3.60. The highest BCUT2D eigenvalue weighted by atomic mass is 16.5. The van der Waals surface area contributed by atoms with Gasteiger partial charge in [0.05, 0.1) is 6.61 Å². The first kappa shape index (κ1) is 11.9. The number of carbonyl (C=O) groups is 1. The molecule has 0 bridgehead atoms. The van der Waals surface area contributed by atoms with Crippen molar-refractivity contribution in [1.82, 2.24) is 0 Å². The topological polar surface area (TPSA) is 26.3 Å². The predicted molar refractivity (Wildman–Crippen MR) is 64.0 cm³/mol. The summed E-state index contributed by atoms with van der Waals surface area (Å²) in [5.41, 5.74) is 0. The van der Waals surface area contributed by atoms with Gasteiger partial charge in [0.15, 0.2) is 0 Å². The Kier molecular flexibility index (Phi) is 4.25. The second-order valence-electron chi connectivity index (χ2n) is 5.61. The first-order valence-corrected chi connectivity index (χ1v) is 6.89. The lowest BCUT2D eigenvalue weighted by atomic mass is 9.67. The molecule has 2 fully saturated rings. The van der Waals surface area contributed by atoms with Crippen molar-refractivity contribution in [2.24, 2.45) is 17.8 Å². The van der Waals surface area contributed by atoms with E-state index in [1.54, 1.807) is 0 Å². The third kappa shape index (κ3) is 3.23. The molecule has 16 heavy (non-hydrogen) atoms. The number of ether oxygens (including phenoxy) is 1. The minimum atomic E-state index is -0.133. The molecule has 2 saturated carbocycles. The predicted octanol–water partition coefficient (Wildman–Crippen LogP) is 3.55. The van der Waals surface area contributed by atoms with Crippen molar-refractivity contribution >= 4 is 5.97 Å². The summed E-state index contributed by atoms with van der Waals surface area (Å²) in [4.78, 5) is 10.7. The molecule has 0 amide bonds. The van der Waals surface area contributed by atoms with Gasteiger partial charge in [-0.15, -0.1) is 0 Å². The Morgan fingerprint density at radius 3 is 2.62 bits per heavy atom. The zero-order chi connectivity index (χ0) is 11.4. The van der Waals surface area contributed by atoms with Gasteiger partial charge in [-0.2, -0.15) is 0 Å². The molecule has 0 saturated heterocycles. The molecule has 0 spiro atoms. The van der Waals surface area contributed by atoms with E-state index in [4.69, 9.17) is 4.74 Å². The number of carbonyl (C=O) groups excluding carboxylic acids is 1. The van der Waals surface area contributed by atoms with Crippen molar-refractivity contribution in [3.05, 3.63) is 0 Å². The lowest BCUT2D eigenvalue weighted by Gasteiger charge is -2.39. The second-order valence-corrected chi connectivity index (χ2v) is 5.61. The average Bonchev–Trinajstić information content (AvgIpc) is 2.28. The van der Waals surface area contributed by atoms with Crippen LogP contribution >= 0.6 is 0 Å². The van der Waals surface area contributed by atoms with Gasteiger partial charge in [0.25, 0.3) is 0 Å². The number of fused-ring (bicyclic) bond motifs is 1. The number of hydrogen-bond acceptors (Lipinski definition) is 2. The van der Waals surface area contributed by atoms with E-state index in [-0.39, 0.29) is 5.97 Å². The van der Waals surface area contributed by atoms with Crippen LogP contribution in [0.5, 0.6) is 0 Å². The summed E-state index contributed by atoms with van der Waals surface area (Å²) < 4.78 is 5.04. The fraction of sp³-hybridized carbons (Fsp3) is 0.929. The van der Waals surface area contributed by atoms with Crippen LogP contribution in [-0.2, 0) is 9.53 Å². The lowest BCUT2D eigenvalue weighted by molar-refractivity contribution is -0.141. The van der Waals surface area contributed by atoms with Gasteiger partial charge in [0, 0.05) is 6.92 Å². The lowest BCUT2D eigenvalue weighted by Crippen LogP contribution is -2.28. The summed E-state index contributed by atoms with van der Waals surface area (Å²) in [6.45, 7) is 2.13. The van der Waals surface area contributed by atoms with Crippen molar-refractivity contribution in [2.75, 3.05) is 6.61 Å². The summed E-state index contributed by atoms with van der Waals surface area (Å²) >= 11 is 0. The number of hydrogen-bond donors (Lipinski definition) is 0. The Labute approximate surface area is 98.7 Å². The molecule has 0 aromatic rings. The van der Waals surface area contributed by atoms with E-state index < -0.39 is 0 Å². The second kappa shape index (κ2) is 5.70. The third-order valence-corrected chi connectivity index (χ3v) is 4.48. The van der Waals surface area contributed by atoms with E-state index in [1.807, 2.05) is 0 Å². The normalized spacial score (nSPS) is 34.2. The summed E-state index contributed by atoms with van der Waals surface area (Å²) in [5, 5.41) is 0. The van der Waals surface area contributed by atoms with E-state index >= 15 is 0 Å². The van der Waals surface area contributed by atoms with Crippen LogP contribution in [0.3, 0.4) is 0 Å². The van der Waals surface area contributed by atoms with E-state index in [0.717, 1.165) is 24.2 Å². The van der Waals surface area contributed by atoms with Crippen LogP contribution < -0.4 is 0 Å². The highest BCUT2D eigenvalue weighted by molar-refractivity contribution is 5.65. The Bertz CT molecular complexity index is 237. The van der Waals surface area contributed by atoms with Gasteiger partial charge >= 0.3 is 5.97 Å². The summed E-state index contributed by atoms with van der Waals surface area (Å²) in [7, 11) is 0. The SMILES string of the molecule is CC(=O)OCCC1CCC2CCCCC2C1. The van der Waals surface area contributed by atoms with Crippen LogP contribution in [0, 0.1) is 17.8 Å². The molecule has 92 valence electrons. The van der Waals surface area contributed by atoms with Gasteiger partial charge in [-0.3, -0.25) is 4.79 Å². The molecule has 0 aromatic carbocycles. The molecule has 2 heteroatoms. The molecule has 0 heterocycles. The summed E-state index contributed by atoms with van der Waals surface area (Å²) in [6, 6.07) is 0. The van der Waals surface area contributed by atoms with Crippen LogP contribution in [0.25, 0.3) is 0 Å². The van der Waals surface area contributed by atoms with E-state index in [0.29, 0.717) is 6.61 Å². The molecule has 0 aromatic heterocycles. The number of rotatable bonds is 3. The first-order chi connectivity index (χ1) is 7.75. The molecular weight excluding hydrogens is 200 g/mol. The quantitative estimate of drug-likeness (QED) is 0.685. The zero-order valence-electron chi connectivity index (χ0n) is 10.4. The van der Waals surface area contributed by atoms with Gasteiger partial charge in [-0.05, 0) is 37.0 Å². The maximum atomic E-state index is 10.7. The number of esters is 1. The monoisotopic (exact) mass is 224 g/mol. The van der Waals surface area contributed by atoms with Gasteiger partial charge in [0.2, 0.25) is 0 Å². The van der Waals surface area contributed by atoms with Crippen LogP contribution in [-0.4, -0.2) is 12.6 Å². The molecule has 0 N–H and O–H groups in total. The van der Waals surface area contributed by atoms with E-state index in [2.05, 4.69) is 0 Å². The van der Waals surface area contributed by atoms with E-state index in [1.165, 1.54) is 51.9 Å². The van der Waals surface area contributed by atoms with Crippen LogP contribution in [0.1, 0.15) is 58.3 Å². The molecule has 2 aliphatic rings. The van der Waals surface area contributed by atoms with Crippen molar-refractivity contribution in [1.29, 1.82) is 0 Å². The van der Waals surface area contributed by atoms with Crippen LogP contribution in [0.4, 0.5) is 0 Å². The van der Waals surface area contributed by atoms with Gasteiger partial charge < -0.3 is 4.74 Å². The largest absolute Gasteiger partial charge is 0.466 e. The van der Waals surface area contributed by atoms with Crippen molar-refractivity contribution in [3.63, 3.8) is 0 Å². The molecule has 3 atom stereocenters. The third-order valence-electron chi connectivity index (χ3n) is 4.48. The minimum Gasteiger partial charge on any atom is -0.466 e. The zero-order valence-corrected chi connectivity index (χ0v) is 10.4. The first-order valence-electron chi connectivity index (χ1n) is 6.89. The molecular formula is C14H24O2. The molecule has 2 nitrogen and oxygen atoms in total. The van der Waals surface area contributed by atoms with Gasteiger partial charge in [-0.25, -0.2) is 0 Å². The van der Waals surface area contributed by atoms with Crippen molar-refractivity contribution in [2.45, 2.75) is 58.3 Å². The smallest absolute Gasteiger partial charge is 0.302 e. The van der Waals surface area contributed by atoms with Gasteiger partial charge in [0.1, 0.15) is 0 Å². The molecule has 0 aliphatic heterocycles. The fourth-order valence-electron chi connectivity index (χ4n) is 3.60. The summed E-state index contributed by atoms with van der Waals surface area (Å²) in [5.74, 6) is 2.70. The average molecular weight is 224 g/mol. The van der Waals surface area contributed by atoms with Crippen LogP contribution in [0.15, 0.2) is 0 Å². The van der Waals surface area contributed by atoms with Crippen LogP contribution in [0.2, 0.25) is 0 Å². The molecule has 0 radical (unpaired) electrons. The maximum Gasteiger partial charge on any atom is 0.302 e. The Morgan fingerprint density at radius 1 is 1.12 bits per heavy atom. The van der Waals surface area contributed by atoms with Gasteiger partial charge in [-0.1, -0.05) is 32.1 Å². The highest BCUT2D eigenvalue weighted by Crippen LogP contribution is 2.43.